The van der Waals surface area contributed by atoms with Crippen LogP contribution in [-0.4, -0.2) is 39.5 Å². The minimum atomic E-state index is -3.82. The van der Waals surface area contributed by atoms with E-state index in [0.29, 0.717) is 24.6 Å². The number of rotatable bonds is 6. The first-order valence-corrected chi connectivity index (χ1v) is 12.5. The summed E-state index contributed by atoms with van der Waals surface area (Å²) in [5, 5.41) is 2.94. The molecule has 4 rings (SSSR count). The van der Waals surface area contributed by atoms with Crippen molar-refractivity contribution in [3.05, 3.63) is 59.7 Å². The number of carbonyl (C=O) groups is 2. The van der Waals surface area contributed by atoms with E-state index in [-0.39, 0.29) is 22.4 Å². The number of ether oxygens (including phenoxy) is 1. The molecule has 1 fully saturated rings. The Hall–Kier alpha value is -2.87. The molecule has 1 saturated carbocycles. The standard InChI is InChI=1S/C24H28N2O5S/c1-17-7-2-4-11-21(17)25-23(27)16-31-24(28)19-9-6-10-20(15-19)32(29,30)26-14-13-18-8-3-5-12-22(18)26/h3,5-6,8-10,12,15,17,21H,2,4,7,11,13-14,16H2,1H3,(H,25,27)/t17-,21+/m1/s1. The Kier molecular flexibility index (Phi) is 6.50. The molecule has 2 aromatic rings. The molecular weight excluding hydrogens is 428 g/mol. The van der Waals surface area contributed by atoms with Gasteiger partial charge in [0.15, 0.2) is 6.61 Å². The van der Waals surface area contributed by atoms with Gasteiger partial charge in [-0.05, 0) is 55.0 Å². The smallest absolute Gasteiger partial charge is 0.338 e. The van der Waals surface area contributed by atoms with Gasteiger partial charge in [0, 0.05) is 12.6 Å². The number of para-hydroxylation sites is 1. The molecule has 170 valence electrons. The van der Waals surface area contributed by atoms with Gasteiger partial charge in [0.05, 0.1) is 16.1 Å². The van der Waals surface area contributed by atoms with Crippen molar-refractivity contribution in [3.8, 4) is 0 Å². The molecule has 2 aliphatic rings. The third-order valence-electron chi connectivity index (χ3n) is 6.29. The van der Waals surface area contributed by atoms with Crippen molar-refractivity contribution < 1.29 is 22.7 Å². The molecule has 32 heavy (non-hydrogen) atoms. The van der Waals surface area contributed by atoms with E-state index in [1.54, 1.807) is 12.1 Å². The van der Waals surface area contributed by atoms with Crippen LogP contribution in [0.4, 0.5) is 5.69 Å². The van der Waals surface area contributed by atoms with Crippen molar-refractivity contribution in [1.82, 2.24) is 5.32 Å². The van der Waals surface area contributed by atoms with E-state index in [1.165, 1.54) is 35.0 Å². The zero-order chi connectivity index (χ0) is 22.7. The van der Waals surface area contributed by atoms with Gasteiger partial charge in [0.25, 0.3) is 15.9 Å². The highest BCUT2D eigenvalue weighted by Crippen LogP contribution is 2.32. The number of nitrogens with one attached hydrogen (secondary N) is 1. The van der Waals surface area contributed by atoms with Gasteiger partial charge in [0.2, 0.25) is 0 Å². The van der Waals surface area contributed by atoms with Crippen molar-refractivity contribution in [2.75, 3.05) is 17.5 Å². The first-order valence-electron chi connectivity index (χ1n) is 11.0. The van der Waals surface area contributed by atoms with Crippen molar-refractivity contribution in [2.24, 2.45) is 5.92 Å². The molecule has 0 spiro atoms. The molecule has 8 heteroatoms. The number of benzene rings is 2. The Bertz CT molecular complexity index is 1110. The maximum atomic E-state index is 13.2. The fourth-order valence-electron chi connectivity index (χ4n) is 4.46. The van der Waals surface area contributed by atoms with E-state index in [2.05, 4.69) is 12.2 Å². The first-order chi connectivity index (χ1) is 15.4. The van der Waals surface area contributed by atoms with Gasteiger partial charge in [-0.1, -0.05) is 44.0 Å². The zero-order valence-corrected chi connectivity index (χ0v) is 18.9. The van der Waals surface area contributed by atoms with Crippen molar-refractivity contribution in [2.45, 2.75) is 50.0 Å². The SMILES string of the molecule is C[C@@H]1CCCC[C@@H]1NC(=O)COC(=O)c1cccc(S(=O)(=O)N2CCc3ccccc32)c1. The number of anilines is 1. The fraction of sp³-hybridized carbons (Fsp3) is 0.417. The van der Waals surface area contributed by atoms with Gasteiger partial charge >= 0.3 is 5.97 Å². The van der Waals surface area contributed by atoms with Crippen LogP contribution in [-0.2, 0) is 26.0 Å². The number of hydrogen-bond acceptors (Lipinski definition) is 5. The molecule has 0 bridgehead atoms. The molecule has 0 unspecified atom stereocenters. The number of esters is 1. The third-order valence-corrected chi connectivity index (χ3v) is 8.10. The molecule has 0 saturated heterocycles. The second-order valence-electron chi connectivity index (χ2n) is 8.50. The Morgan fingerprint density at radius 3 is 2.69 bits per heavy atom. The predicted molar refractivity (Wildman–Crippen MR) is 121 cm³/mol. The highest BCUT2D eigenvalue weighted by molar-refractivity contribution is 7.92. The van der Waals surface area contributed by atoms with E-state index < -0.39 is 22.6 Å². The summed E-state index contributed by atoms with van der Waals surface area (Å²) in [6, 6.07) is 13.3. The summed E-state index contributed by atoms with van der Waals surface area (Å²) in [5.41, 5.74) is 1.73. The Morgan fingerprint density at radius 2 is 1.88 bits per heavy atom. The molecule has 1 N–H and O–H groups in total. The summed E-state index contributed by atoms with van der Waals surface area (Å²) in [4.78, 5) is 24.7. The minimum absolute atomic E-state index is 0.0177. The van der Waals surface area contributed by atoms with E-state index in [9.17, 15) is 18.0 Å². The van der Waals surface area contributed by atoms with Crippen LogP contribution in [0.15, 0.2) is 53.4 Å². The molecule has 1 aliphatic carbocycles. The van der Waals surface area contributed by atoms with Crippen LogP contribution in [0.1, 0.15) is 48.5 Å². The molecule has 0 radical (unpaired) electrons. The lowest BCUT2D eigenvalue weighted by Crippen LogP contribution is -2.42. The molecule has 1 aliphatic heterocycles. The highest BCUT2D eigenvalue weighted by Gasteiger charge is 2.31. The van der Waals surface area contributed by atoms with Crippen molar-refractivity contribution in [1.29, 1.82) is 0 Å². The van der Waals surface area contributed by atoms with Crippen LogP contribution >= 0.6 is 0 Å². The van der Waals surface area contributed by atoms with Crippen LogP contribution in [0.2, 0.25) is 0 Å². The Morgan fingerprint density at radius 1 is 1.09 bits per heavy atom. The molecule has 7 nitrogen and oxygen atoms in total. The first kappa shape index (κ1) is 22.3. The van der Waals surface area contributed by atoms with Crippen LogP contribution in [0.3, 0.4) is 0 Å². The lowest BCUT2D eigenvalue weighted by molar-refractivity contribution is -0.125. The van der Waals surface area contributed by atoms with Gasteiger partial charge < -0.3 is 10.1 Å². The van der Waals surface area contributed by atoms with Gasteiger partial charge in [-0.3, -0.25) is 9.10 Å². The molecular formula is C24H28N2O5S. The lowest BCUT2D eigenvalue weighted by atomic mass is 9.86. The second kappa shape index (κ2) is 9.32. The summed E-state index contributed by atoms with van der Waals surface area (Å²) in [6.07, 6.45) is 4.91. The molecule has 2 atom stereocenters. The molecule has 2 aromatic carbocycles. The maximum Gasteiger partial charge on any atom is 0.338 e. The van der Waals surface area contributed by atoms with Crippen molar-refractivity contribution in [3.63, 3.8) is 0 Å². The van der Waals surface area contributed by atoms with E-state index in [0.717, 1.165) is 24.8 Å². The Labute approximate surface area is 188 Å². The monoisotopic (exact) mass is 456 g/mol. The summed E-state index contributed by atoms with van der Waals surface area (Å²) in [6.45, 7) is 2.08. The average molecular weight is 457 g/mol. The number of hydrogen-bond donors (Lipinski definition) is 1. The summed E-state index contributed by atoms with van der Waals surface area (Å²) in [7, 11) is -3.82. The van der Waals surface area contributed by atoms with Gasteiger partial charge in [-0.25, -0.2) is 13.2 Å². The van der Waals surface area contributed by atoms with E-state index >= 15 is 0 Å². The number of sulfonamides is 1. The Balaban J connectivity index is 1.41. The van der Waals surface area contributed by atoms with E-state index in [4.69, 9.17) is 4.74 Å². The van der Waals surface area contributed by atoms with Gasteiger partial charge in [0.1, 0.15) is 0 Å². The number of carbonyl (C=O) groups excluding carboxylic acids is 2. The third kappa shape index (κ3) is 4.65. The highest BCUT2D eigenvalue weighted by atomic mass is 32.2. The fourth-order valence-corrected chi connectivity index (χ4v) is 6.01. The number of amides is 1. The molecule has 0 aromatic heterocycles. The minimum Gasteiger partial charge on any atom is -0.452 e. The largest absolute Gasteiger partial charge is 0.452 e. The maximum absolute atomic E-state index is 13.2. The zero-order valence-electron chi connectivity index (χ0n) is 18.1. The number of fused-ring (bicyclic) bond motifs is 1. The van der Waals surface area contributed by atoms with Crippen molar-refractivity contribution >= 4 is 27.6 Å². The summed E-state index contributed by atoms with van der Waals surface area (Å²) >= 11 is 0. The number of nitrogens with zero attached hydrogens (tertiary/aromatic N) is 1. The van der Waals surface area contributed by atoms with Crippen LogP contribution in [0.5, 0.6) is 0 Å². The summed E-state index contributed by atoms with van der Waals surface area (Å²) in [5.74, 6) is -0.661. The van der Waals surface area contributed by atoms with Gasteiger partial charge in [-0.2, -0.15) is 0 Å². The molecule has 1 heterocycles. The summed E-state index contributed by atoms with van der Waals surface area (Å²) < 4.78 is 32.9. The quantitative estimate of drug-likeness (QED) is 0.674. The van der Waals surface area contributed by atoms with Crippen LogP contribution < -0.4 is 9.62 Å². The lowest BCUT2D eigenvalue weighted by Gasteiger charge is -2.29. The topological polar surface area (TPSA) is 92.8 Å². The second-order valence-corrected chi connectivity index (χ2v) is 10.4. The predicted octanol–water partition coefficient (Wildman–Crippen LogP) is 3.29. The van der Waals surface area contributed by atoms with Crippen LogP contribution in [0, 0.1) is 5.92 Å². The van der Waals surface area contributed by atoms with Crippen LogP contribution in [0.25, 0.3) is 0 Å². The van der Waals surface area contributed by atoms with E-state index in [1.807, 2.05) is 12.1 Å². The van der Waals surface area contributed by atoms with Gasteiger partial charge in [-0.15, -0.1) is 0 Å². The molecule has 1 amide bonds. The average Bonchev–Trinajstić information content (AvgIpc) is 3.24. The normalized spacial score (nSPS) is 20.5.